The fourth-order valence-corrected chi connectivity index (χ4v) is 3.54. The lowest BCUT2D eigenvalue weighted by atomic mass is 10.1. The molecule has 118 valence electrons. The summed E-state index contributed by atoms with van der Waals surface area (Å²) in [5, 5.41) is 9.13. The van der Waals surface area contributed by atoms with Crippen LogP contribution in [-0.2, 0) is 10.0 Å². The van der Waals surface area contributed by atoms with E-state index in [0.29, 0.717) is 17.9 Å². The zero-order valence-electron chi connectivity index (χ0n) is 12.5. The molecule has 5 nitrogen and oxygen atoms in total. The number of hydrogen-bond acceptors (Lipinski definition) is 4. The van der Waals surface area contributed by atoms with Crippen molar-refractivity contribution in [2.45, 2.75) is 38.1 Å². The van der Waals surface area contributed by atoms with Crippen molar-refractivity contribution in [1.82, 2.24) is 4.72 Å². The quantitative estimate of drug-likeness (QED) is 0.832. The highest BCUT2D eigenvalue weighted by Gasteiger charge is 2.23. The second-order valence-electron chi connectivity index (χ2n) is 5.24. The summed E-state index contributed by atoms with van der Waals surface area (Å²) in [7, 11) is -3.73. The molecular formula is C14H22ClN3O2S. The molecule has 0 aliphatic heterocycles. The summed E-state index contributed by atoms with van der Waals surface area (Å²) in [6.07, 6.45) is 0.656. The maximum Gasteiger partial charge on any atom is 0.242 e. The topological polar surface area (TPSA) is 96.0 Å². The number of rotatable bonds is 6. The Balaban J connectivity index is 0.00000400. The van der Waals surface area contributed by atoms with Crippen LogP contribution in [-0.4, -0.2) is 21.0 Å². The fourth-order valence-electron chi connectivity index (χ4n) is 2.05. The highest BCUT2D eigenvalue weighted by Crippen LogP contribution is 2.19. The minimum atomic E-state index is -3.73. The highest BCUT2D eigenvalue weighted by molar-refractivity contribution is 7.89. The summed E-state index contributed by atoms with van der Waals surface area (Å²) in [6, 6.07) is 6.41. The lowest BCUT2D eigenvalue weighted by Crippen LogP contribution is -2.41. The van der Waals surface area contributed by atoms with Crippen molar-refractivity contribution in [3.05, 3.63) is 29.3 Å². The maximum atomic E-state index is 12.4. The summed E-state index contributed by atoms with van der Waals surface area (Å²) in [5.74, 6) is 0.333. The van der Waals surface area contributed by atoms with E-state index in [1.54, 1.807) is 19.1 Å². The second-order valence-corrected chi connectivity index (χ2v) is 6.93. The lowest BCUT2D eigenvalue weighted by molar-refractivity contribution is 0.465. The van der Waals surface area contributed by atoms with Gasteiger partial charge in [0.2, 0.25) is 10.0 Å². The first-order chi connectivity index (χ1) is 9.31. The van der Waals surface area contributed by atoms with Crippen molar-refractivity contribution >= 4 is 22.4 Å². The molecule has 0 fully saturated rings. The van der Waals surface area contributed by atoms with Gasteiger partial charge in [0, 0.05) is 12.6 Å². The molecule has 0 radical (unpaired) electrons. The Labute approximate surface area is 133 Å². The van der Waals surface area contributed by atoms with Gasteiger partial charge in [-0.2, -0.15) is 5.26 Å². The van der Waals surface area contributed by atoms with Gasteiger partial charge in [-0.3, -0.25) is 0 Å². The van der Waals surface area contributed by atoms with Crippen molar-refractivity contribution in [3.63, 3.8) is 0 Å². The summed E-state index contributed by atoms with van der Waals surface area (Å²) < 4.78 is 27.4. The molecule has 0 spiro atoms. The summed E-state index contributed by atoms with van der Waals surface area (Å²) in [6.45, 7) is 5.95. The van der Waals surface area contributed by atoms with Crippen molar-refractivity contribution in [2.24, 2.45) is 11.7 Å². The van der Waals surface area contributed by atoms with E-state index in [9.17, 15) is 8.42 Å². The van der Waals surface area contributed by atoms with Crippen LogP contribution in [0.4, 0.5) is 0 Å². The molecule has 1 rings (SSSR count). The van der Waals surface area contributed by atoms with E-state index in [-0.39, 0.29) is 35.5 Å². The monoisotopic (exact) mass is 331 g/mol. The summed E-state index contributed by atoms with van der Waals surface area (Å²) >= 11 is 0. The first-order valence-electron chi connectivity index (χ1n) is 6.54. The number of nitrogens with one attached hydrogen (secondary N) is 1. The smallest absolute Gasteiger partial charge is 0.242 e. The molecule has 0 bridgehead atoms. The van der Waals surface area contributed by atoms with Crippen LogP contribution in [0.5, 0.6) is 0 Å². The van der Waals surface area contributed by atoms with Gasteiger partial charge in [-0.15, -0.1) is 12.4 Å². The fraction of sp³-hybridized carbons (Fsp3) is 0.500. The number of aryl methyl sites for hydroxylation is 1. The first kappa shape index (κ1) is 19.9. The van der Waals surface area contributed by atoms with E-state index in [0.717, 1.165) is 0 Å². The van der Waals surface area contributed by atoms with Gasteiger partial charge in [-0.1, -0.05) is 26.0 Å². The Hall–Kier alpha value is -1.13. The Kier molecular flexibility index (Phi) is 7.90. The molecular weight excluding hydrogens is 310 g/mol. The predicted molar refractivity (Wildman–Crippen MR) is 85.8 cm³/mol. The number of nitriles is 1. The SMILES string of the molecule is Cc1cccc(S(=O)(=O)NC(CN)CC(C)C)c1C#N.Cl. The Morgan fingerprint density at radius 1 is 1.38 bits per heavy atom. The third-order valence-corrected chi connectivity index (χ3v) is 4.56. The summed E-state index contributed by atoms with van der Waals surface area (Å²) in [5.41, 5.74) is 6.44. The molecule has 3 N–H and O–H groups in total. The van der Waals surface area contributed by atoms with Crippen LogP contribution in [0.25, 0.3) is 0 Å². The van der Waals surface area contributed by atoms with Gasteiger partial charge < -0.3 is 5.73 Å². The van der Waals surface area contributed by atoms with Crippen LogP contribution in [0.2, 0.25) is 0 Å². The van der Waals surface area contributed by atoms with Crippen LogP contribution in [0, 0.1) is 24.2 Å². The zero-order chi connectivity index (χ0) is 15.3. The zero-order valence-corrected chi connectivity index (χ0v) is 14.1. The van der Waals surface area contributed by atoms with Gasteiger partial charge >= 0.3 is 0 Å². The summed E-state index contributed by atoms with van der Waals surface area (Å²) in [4.78, 5) is 0.0159. The molecule has 0 heterocycles. The lowest BCUT2D eigenvalue weighted by Gasteiger charge is -2.19. The molecule has 0 aromatic heterocycles. The molecule has 1 aromatic carbocycles. The van der Waals surface area contributed by atoms with Crippen LogP contribution < -0.4 is 10.5 Å². The molecule has 0 saturated heterocycles. The van der Waals surface area contributed by atoms with Crippen molar-refractivity contribution in [1.29, 1.82) is 5.26 Å². The van der Waals surface area contributed by atoms with Gasteiger partial charge in [0.15, 0.2) is 0 Å². The molecule has 1 aromatic rings. The van der Waals surface area contributed by atoms with Crippen molar-refractivity contribution in [3.8, 4) is 6.07 Å². The van der Waals surface area contributed by atoms with Crippen molar-refractivity contribution in [2.75, 3.05) is 6.54 Å². The third-order valence-electron chi connectivity index (χ3n) is 3.00. The number of sulfonamides is 1. The molecule has 21 heavy (non-hydrogen) atoms. The van der Waals surface area contributed by atoms with Crippen molar-refractivity contribution < 1.29 is 8.42 Å². The van der Waals surface area contributed by atoms with E-state index in [1.165, 1.54) is 6.07 Å². The molecule has 1 atom stereocenters. The van der Waals surface area contributed by atoms with Gasteiger partial charge in [0.25, 0.3) is 0 Å². The van der Waals surface area contributed by atoms with E-state index in [4.69, 9.17) is 11.0 Å². The maximum absolute atomic E-state index is 12.4. The minimum absolute atomic E-state index is 0. The van der Waals surface area contributed by atoms with Crippen LogP contribution in [0.3, 0.4) is 0 Å². The average molecular weight is 332 g/mol. The Morgan fingerprint density at radius 2 is 2.00 bits per heavy atom. The number of nitrogens with two attached hydrogens (primary N) is 1. The minimum Gasteiger partial charge on any atom is -0.329 e. The van der Waals surface area contributed by atoms with E-state index in [1.807, 2.05) is 19.9 Å². The van der Waals surface area contributed by atoms with Gasteiger partial charge in [0.1, 0.15) is 11.0 Å². The van der Waals surface area contributed by atoms with Crippen LogP contribution in [0.1, 0.15) is 31.4 Å². The Bertz CT molecular complexity index is 609. The average Bonchev–Trinajstić information content (AvgIpc) is 2.36. The number of halogens is 1. The van der Waals surface area contributed by atoms with E-state index >= 15 is 0 Å². The molecule has 0 aliphatic rings. The molecule has 1 unspecified atom stereocenters. The first-order valence-corrected chi connectivity index (χ1v) is 8.02. The second kappa shape index (κ2) is 8.35. The largest absolute Gasteiger partial charge is 0.329 e. The molecule has 0 saturated carbocycles. The number of benzene rings is 1. The number of hydrogen-bond donors (Lipinski definition) is 2. The third kappa shape index (κ3) is 5.29. The molecule has 0 aliphatic carbocycles. The predicted octanol–water partition coefficient (Wildman–Crippen LogP) is 1.94. The standard InChI is InChI=1S/C14H21N3O2S.ClH/c1-10(2)7-12(8-15)17-20(18,19)14-6-4-5-11(3)13(14)9-16;/h4-6,10,12,17H,7-8,15H2,1-3H3;1H. The van der Waals surface area contributed by atoms with Crippen LogP contribution in [0.15, 0.2) is 23.1 Å². The van der Waals surface area contributed by atoms with Gasteiger partial charge in [0.05, 0.1) is 5.56 Å². The van der Waals surface area contributed by atoms with Gasteiger partial charge in [-0.05, 0) is 30.9 Å². The molecule has 7 heteroatoms. The Morgan fingerprint density at radius 3 is 2.48 bits per heavy atom. The molecule has 0 amide bonds. The van der Waals surface area contributed by atoms with E-state index in [2.05, 4.69) is 4.72 Å². The van der Waals surface area contributed by atoms with Crippen LogP contribution >= 0.6 is 12.4 Å². The van der Waals surface area contributed by atoms with Gasteiger partial charge in [-0.25, -0.2) is 13.1 Å². The normalized spacial score (nSPS) is 12.6. The number of nitrogens with zero attached hydrogens (tertiary/aromatic N) is 1. The van der Waals surface area contributed by atoms with E-state index < -0.39 is 10.0 Å². The highest BCUT2D eigenvalue weighted by atomic mass is 35.5.